The van der Waals surface area contributed by atoms with Crippen molar-refractivity contribution in [3.8, 4) is 0 Å². The highest BCUT2D eigenvalue weighted by atomic mass is 35.5. The summed E-state index contributed by atoms with van der Waals surface area (Å²) in [7, 11) is 0. The van der Waals surface area contributed by atoms with Crippen LogP contribution in [0.2, 0.25) is 5.02 Å². The second-order valence-corrected chi connectivity index (χ2v) is 5.43. The van der Waals surface area contributed by atoms with Crippen LogP contribution in [0, 0.1) is 0 Å². The number of hydrogen-bond acceptors (Lipinski definition) is 1. The highest BCUT2D eigenvalue weighted by Crippen LogP contribution is 2.25. The van der Waals surface area contributed by atoms with E-state index in [9.17, 15) is 0 Å². The van der Waals surface area contributed by atoms with Crippen molar-refractivity contribution in [2.75, 3.05) is 6.54 Å². The van der Waals surface area contributed by atoms with Crippen LogP contribution in [-0.4, -0.2) is 12.6 Å². The van der Waals surface area contributed by atoms with Gasteiger partial charge in [-0.15, -0.1) is 0 Å². The molecule has 1 aromatic rings. The van der Waals surface area contributed by atoms with Crippen molar-refractivity contribution < 1.29 is 0 Å². The number of rotatable bonds is 3. The van der Waals surface area contributed by atoms with Gasteiger partial charge in [-0.2, -0.15) is 0 Å². The Kier molecular flexibility index (Phi) is 3.88. The third-order valence-corrected chi connectivity index (χ3v) is 3.59. The Labute approximate surface area is 103 Å². The van der Waals surface area contributed by atoms with Gasteiger partial charge in [0.25, 0.3) is 0 Å². The van der Waals surface area contributed by atoms with E-state index in [2.05, 4.69) is 31.3 Å². The van der Waals surface area contributed by atoms with Crippen molar-refractivity contribution >= 4 is 11.6 Å². The Hall–Kier alpha value is -0.530. The van der Waals surface area contributed by atoms with Gasteiger partial charge in [0.05, 0.1) is 0 Å². The zero-order valence-electron chi connectivity index (χ0n) is 10.1. The SMILES string of the molecule is CC(C)c1ccc(Cl)cc1CC1CCCN1. The number of nitrogens with one attached hydrogen (secondary N) is 1. The summed E-state index contributed by atoms with van der Waals surface area (Å²) in [6, 6.07) is 6.97. The van der Waals surface area contributed by atoms with Gasteiger partial charge >= 0.3 is 0 Å². The van der Waals surface area contributed by atoms with Crippen molar-refractivity contribution in [1.82, 2.24) is 5.32 Å². The fraction of sp³-hybridized carbons (Fsp3) is 0.571. The highest BCUT2D eigenvalue weighted by Gasteiger charge is 2.17. The van der Waals surface area contributed by atoms with E-state index in [0.29, 0.717) is 12.0 Å². The summed E-state index contributed by atoms with van der Waals surface area (Å²) in [6.45, 7) is 5.66. The lowest BCUT2D eigenvalue weighted by atomic mass is 9.93. The molecule has 0 radical (unpaired) electrons. The molecular weight excluding hydrogens is 218 g/mol. The molecule has 2 rings (SSSR count). The van der Waals surface area contributed by atoms with Crippen LogP contribution in [0.1, 0.15) is 43.7 Å². The standard InChI is InChI=1S/C14H20ClN/c1-10(2)14-6-5-12(15)8-11(14)9-13-4-3-7-16-13/h5-6,8,10,13,16H,3-4,7,9H2,1-2H3. The molecule has 0 saturated carbocycles. The molecule has 1 saturated heterocycles. The number of halogens is 1. The van der Waals surface area contributed by atoms with Crippen molar-refractivity contribution in [1.29, 1.82) is 0 Å². The first-order chi connectivity index (χ1) is 7.66. The summed E-state index contributed by atoms with van der Waals surface area (Å²) in [5.74, 6) is 0.577. The third-order valence-electron chi connectivity index (χ3n) is 3.36. The molecule has 88 valence electrons. The molecule has 0 spiro atoms. The van der Waals surface area contributed by atoms with Crippen molar-refractivity contribution in [2.45, 2.75) is 45.1 Å². The zero-order valence-corrected chi connectivity index (χ0v) is 10.8. The van der Waals surface area contributed by atoms with Crippen molar-refractivity contribution in [3.05, 3.63) is 34.3 Å². The van der Waals surface area contributed by atoms with Crippen LogP contribution in [0.25, 0.3) is 0 Å². The van der Waals surface area contributed by atoms with Crippen molar-refractivity contribution in [3.63, 3.8) is 0 Å². The zero-order chi connectivity index (χ0) is 11.5. The van der Waals surface area contributed by atoms with Crippen LogP contribution in [0.3, 0.4) is 0 Å². The van der Waals surface area contributed by atoms with Crippen LogP contribution in [0.15, 0.2) is 18.2 Å². The maximum absolute atomic E-state index is 6.09. The monoisotopic (exact) mass is 237 g/mol. The average molecular weight is 238 g/mol. The lowest BCUT2D eigenvalue weighted by Gasteiger charge is -2.16. The predicted molar refractivity (Wildman–Crippen MR) is 70.3 cm³/mol. The van der Waals surface area contributed by atoms with Gasteiger partial charge in [-0.25, -0.2) is 0 Å². The molecule has 1 nitrogen and oxygen atoms in total. The normalized spacial score (nSPS) is 20.6. The molecular formula is C14H20ClN. The van der Waals surface area contributed by atoms with E-state index in [0.717, 1.165) is 11.4 Å². The van der Waals surface area contributed by atoms with E-state index in [-0.39, 0.29) is 0 Å². The first-order valence-electron chi connectivity index (χ1n) is 6.18. The summed E-state index contributed by atoms with van der Waals surface area (Å²) in [5.41, 5.74) is 2.86. The maximum atomic E-state index is 6.09. The van der Waals surface area contributed by atoms with Gasteiger partial charge in [0.2, 0.25) is 0 Å². The van der Waals surface area contributed by atoms with Gasteiger partial charge in [-0.1, -0.05) is 31.5 Å². The van der Waals surface area contributed by atoms with Crippen molar-refractivity contribution in [2.24, 2.45) is 0 Å². The Morgan fingerprint density at radius 2 is 2.25 bits per heavy atom. The molecule has 1 aliphatic rings. The summed E-state index contributed by atoms with van der Waals surface area (Å²) in [5, 5.41) is 4.41. The topological polar surface area (TPSA) is 12.0 Å². The fourth-order valence-corrected chi connectivity index (χ4v) is 2.71. The summed E-state index contributed by atoms with van der Waals surface area (Å²) < 4.78 is 0. The molecule has 16 heavy (non-hydrogen) atoms. The Morgan fingerprint density at radius 1 is 1.44 bits per heavy atom. The van der Waals surface area contributed by atoms with Crippen LogP contribution in [0.4, 0.5) is 0 Å². The third kappa shape index (κ3) is 2.78. The molecule has 1 atom stereocenters. The summed E-state index contributed by atoms with van der Waals surface area (Å²) in [6.07, 6.45) is 3.72. The van der Waals surface area contributed by atoms with Gasteiger partial charge in [0.15, 0.2) is 0 Å². The largest absolute Gasteiger partial charge is 0.314 e. The second kappa shape index (κ2) is 5.20. The molecule has 0 aromatic heterocycles. The van der Waals surface area contributed by atoms with Gasteiger partial charge in [-0.05, 0) is 55.0 Å². The first-order valence-corrected chi connectivity index (χ1v) is 6.56. The van der Waals surface area contributed by atoms with E-state index >= 15 is 0 Å². The molecule has 1 N–H and O–H groups in total. The summed E-state index contributed by atoms with van der Waals surface area (Å²) >= 11 is 6.09. The second-order valence-electron chi connectivity index (χ2n) is 5.00. The molecule has 1 aliphatic heterocycles. The van der Waals surface area contributed by atoms with Gasteiger partial charge in [0, 0.05) is 11.1 Å². The molecule has 1 aromatic carbocycles. The summed E-state index contributed by atoms with van der Waals surface area (Å²) in [4.78, 5) is 0. The molecule has 0 amide bonds. The molecule has 0 bridgehead atoms. The van der Waals surface area contributed by atoms with E-state index < -0.39 is 0 Å². The lowest BCUT2D eigenvalue weighted by Crippen LogP contribution is -2.24. The minimum Gasteiger partial charge on any atom is -0.314 e. The van der Waals surface area contributed by atoms with Crippen LogP contribution in [0.5, 0.6) is 0 Å². The minimum atomic E-state index is 0.577. The molecule has 1 unspecified atom stereocenters. The van der Waals surface area contributed by atoms with Gasteiger partial charge < -0.3 is 5.32 Å². The maximum Gasteiger partial charge on any atom is 0.0408 e. The Bertz CT molecular complexity index is 354. The molecule has 1 heterocycles. The smallest absolute Gasteiger partial charge is 0.0408 e. The molecule has 0 aliphatic carbocycles. The number of hydrogen-bond donors (Lipinski definition) is 1. The Balaban J connectivity index is 2.19. The lowest BCUT2D eigenvalue weighted by molar-refractivity contribution is 0.598. The van der Waals surface area contributed by atoms with E-state index in [1.165, 1.54) is 30.5 Å². The van der Waals surface area contributed by atoms with Gasteiger partial charge in [-0.3, -0.25) is 0 Å². The van der Waals surface area contributed by atoms with Crippen LogP contribution in [-0.2, 0) is 6.42 Å². The average Bonchev–Trinajstić information content (AvgIpc) is 2.70. The molecule has 1 fully saturated rings. The highest BCUT2D eigenvalue weighted by molar-refractivity contribution is 6.30. The molecule has 2 heteroatoms. The number of benzene rings is 1. The van der Waals surface area contributed by atoms with E-state index in [1.54, 1.807) is 0 Å². The fourth-order valence-electron chi connectivity index (χ4n) is 2.51. The van der Waals surface area contributed by atoms with Crippen LogP contribution < -0.4 is 5.32 Å². The van der Waals surface area contributed by atoms with E-state index in [1.807, 2.05) is 6.07 Å². The first kappa shape index (κ1) is 11.9. The minimum absolute atomic E-state index is 0.577. The quantitative estimate of drug-likeness (QED) is 0.844. The van der Waals surface area contributed by atoms with Crippen LogP contribution >= 0.6 is 11.6 Å². The van der Waals surface area contributed by atoms with E-state index in [4.69, 9.17) is 11.6 Å². The van der Waals surface area contributed by atoms with Gasteiger partial charge in [0.1, 0.15) is 0 Å². The predicted octanol–water partition coefficient (Wildman–Crippen LogP) is 3.76. The Morgan fingerprint density at radius 3 is 2.88 bits per heavy atom.